The van der Waals surface area contributed by atoms with Gasteiger partial charge in [0.05, 0.1) is 12.1 Å². The Bertz CT molecular complexity index is 873. The van der Waals surface area contributed by atoms with E-state index in [9.17, 15) is 9.59 Å². The van der Waals surface area contributed by atoms with Crippen molar-refractivity contribution in [2.24, 2.45) is 0 Å². The fourth-order valence-electron chi connectivity index (χ4n) is 3.47. The largest absolute Gasteiger partial charge is 0.486 e. The van der Waals surface area contributed by atoms with Crippen LogP contribution in [0.2, 0.25) is 0 Å². The van der Waals surface area contributed by atoms with Gasteiger partial charge in [0.15, 0.2) is 11.5 Å². The smallest absolute Gasteiger partial charge is 0.256 e. The first kappa shape index (κ1) is 16.4. The van der Waals surface area contributed by atoms with Gasteiger partial charge < -0.3 is 14.8 Å². The summed E-state index contributed by atoms with van der Waals surface area (Å²) in [5.74, 6) is 0.905. The van der Waals surface area contributed by atoms with Crippen LogP contribution < -0.4 is 19.7 Å². The van der Waals surface area contributed by atoms with Crippen LogP contribution in [-0.4, -0.2) is 31.1 Å². The molecule has 0 bridgehead atoms. The van der Waals surface area contributed by atoms with Gasteiger partial charge in [0.2, 0.25) is 5.91 Å². The van der Waals surface area contributed by atoms with Gasteiger partial charge in [-0.15, -0.1) is 0 Å². The normalized spacial score (nSPS) is 19.0. The molecule has 2 aromatic carbocycles. The third kappa shape index (κ3) is 2.77. The van der Waals surface area contributed by atoms with Gasteiger partial charge in [-0.05, 0) is 37.1 Å². The number of nitrogens with one attached hydrogen (secondary N) is 1. The van der Waals surface area contributed by atoms with E-state index in [0.29, 0.717) is 30.4 Å². The maximum absolute atomic E-state index is 12.9. The minimum Gasteiger partial charge on any atom is -0.486 e. The molecule has 1 saturated heterocycles. The van der Waals surface area contributed by atoms with E-state index in [1.807, 2.05) is 38.1 Å². The number of hydrogen-bond acceptors (Lipinski definition) is 5. The number of para-hydroxylation sites is 1. The van der Waals surface area contributed by atoms with E-state index >= 15 is 0 Å². The average molecular weight is 352 g/mol. The number of aryl methyl sites for hydroxylation is 2. The Hall–Kier alpha value is -3.02. The van der Waals surface area contributed by atoms with Gasteiger partial charge >= 0.3 is 0 Å². The van der Waals surface area contributed by atoms with Gasteiger partial charge in [-0.3, -0.25) is 9.59 Å². The second-order valence-corrected chi connectivity index (χ2v) is 6.57. The second-order valence-electron chi connectivity index (χ2n) is 6.57. The van der Waals surface area contributed by atoms with Gasteiger partial charge in [-0.1, -0.05) is 18.2 Å². The number of rotatable bonds is 3. The number of carbonyl (C=O) groups excluding carboxylic acids is 2. The van der Waals surface area contributed by atoms with E-state index in [-0.39, 0.29) is 18.2 Å². The van der Waals surface area contributed by atoms with Crippen LogP contribution in [0.3, 0.4) is 0 Å². The van der Waals surface area contributed by atoms with Crippen molar-refractivity contribution in [1.29, 1.82) is 0 Å². The van der Waals surface area contributed by atoms with Crippen molar-refractivity contribution in [3.63, 3.8) is 0 Å². The number of benzene rings is 2. The molecule has 4 rings (SSSR count). The summed E-state index contributed by atoms with van der Waals surface area (Å²) in [5, 5.41) is 3.16. The Kier molecular flexibility index (Phi) is 4.03. The van der Waals surface area contributed by atoms with Crippen LogP contribution in [0, 0.1) is 13.8 Å². The van der Waals surface area contributed by atoms with Crippen LogP contribution in [-0.2, 0) is 9.59 Å². The second kappa shape index (κ2) is 6.37. The summed E-state index contributed by atoms with van der Waals surface area (Å²) in [6, 6.07) is 10.6. The molecule has 2 aliphatic heterocycles. The van der Waals surface area contributed by atoms with Crippen molar-refractivity contribution >= 4 is 23.2 Å². The number of hydrogen-bond donors (Lipinski definition) is 1. The molecule has 6 nitrogen and oxygen atoms in total. The first-order valence-corrected chi connectivity index (χ1v) is 8.64. The first-order chi connectivity index (χ1) is 12.5. The van der Waals surface area contributed by atoms with Crippen LogP contribution in [0.4, 0.5) is 11.4 Å². The zero-order valence-electron chi connectivity index (χ0n) is 14.7. The van der Waals surface area contributed by atoms with E-state index in [0.717, 1.165) is 16.8 Å². The highest BCUT2D eigenvalue weighted by Crippen LogP contribution is 2.34. The molecule has 2 aliphatic rings. The van der Waals surface area contributed by atoms with Crippen molar-refractivity contribution in [2.75, 3.05) is 23.4 Å². The molecule has 0 aliphatic carbocycles. The van der Waals surface area contributed by atoms with Gasteiger partial charge in [0.25, 0.3) is 5.91 Å². The minimum absolute atomic E-state index is 0.126. The lowest BCUT2D eigenvalue weighted by molar-refractivity contribution is -0.121. The summed E-state index contributed by atoms with van der Waals surface area (Å²) in [7, 11) is 0. The summed E-state index contributed by atoms with van der Waals surface area (Å²) >= 11 is 0. The third-order valence-corrected chi connectivity index (χ3v) is 4.69. The zero-order valence-corrected chi connectivity index (χ0v) is 14.7. The van der Waals surface area contributed by atoms with E-state index in [1.165, 1.54) is 4.90 Å². The molecule has 134 valence electrons. The van der Waals surface area contributed by atoms with Gasteiger partial charge in [0, 0.05) is 11.8 Å². The lowest BCUT2D eigenvalue weighted by Gasteiger charge is -2.21. The Labute approximate surface area is 151 Å². The molecule has 1 N–H and O–H groups in total. The highest BCUT2D eigenvalue weighted by molar-refractivity contribution is 6.23. The Morgan fingerprint density at radius 2 is 1.69 bits per heavy atom. The van der Waals surface area contributed by atoms with Gasteiger partial charge in [-0.2, -0.15) is 0 Å². The van der Waals surface area contributed by atoms with Crippen molar-refractivity contribution in [2.45, 2.75) is 26.3 Å². The Morgan fingerprint density at radius 1 is 1.00 bits per heavy atom. The SMILES string of the molecule is Cc1cccc(C)c1N1C(=O)C[C@H](Nc2ccc3c(c2)OCCO3)C1=O. The standard InChI is InChI=1S/C20H20N2O4/c1-12-4-3-5-13(2)19(12)22-18(23)11-15(20(22)24)21-14-6-7-16-17(10-14)26-9-8-25-16/h3-7,10,15,21H,8-9,11H2,1-2H3/t15-/m0/s1. The van der Waals surface area contributed by atoms with Crippen molar-refractivity contribution in [3.05, 3.63) is 47.5 Å². The predicted molar refractivity (Wildman–Crippen MR) is 97.9 cm³/mol. The molecular weight excluding hydrogens is 332 g/mol. The molecule has 0 aromatic heterocycles. The summed E-state index contributed by atoms with van der Waals surface area (Å²) in [4.78, 5) is 26.7. The molecule has 1 atom stereocenters. The number of anilines is 2. The number of nitrogens with zero attached hydrogens (tertiary/aromatic N) is 1. The molecule has 2 aromatic rings. The topological polar surface area (TPSA) is 67.9 Å². The first-order valence-electron chi connectivity index (χ1n) is 8.64. The van der Waals surface area contributed by atoms with Crippen molar-refractivity contribution < 1.29 is 19.1 Å². The third-order valence-electron chi connectivity index (χ3n) is 4.69. The van der Waals surface area contributed by atoms with Crippen molar-refractivity contribution in [1.82, 2.24) is 0 Å². The number of imide groups is 1. The van der Waals surface area contributed by atoms with E-state index in [1.54, 1.807) is 12.1 Å². The molecule has 6 heteroatoms. The molecule has 2 amide bonds. The van der Waals surface area contributed by atoms with Gasteiger partial charge in [0.1, 0.15) is 19.3 Å². The highest BCUT2D eigenvalue weighted by atomic mass is 16.6. The molecule has 0 spiro atoms. The monoisotopic (exact) mass is 352 g/mol. The fraction of sp³-hybridized carbons (Fsp3) is 0.300. The zero-order chi connectivity index (χ0) is 18.3. The van der Waals surface area contributed by atoms with Crippen LogP contribution in [0.1, 0.15) is 17.5 Å². The number of carbonyl (C=O) groups is 2. The molecule has 2 heterocycles. The predicted octanol–water partition coefficient (Wildman–Crippen LogP) is 2.82. The lowest BCUT2D eigenvalue weighted by atomic mass is 10.1. The van der Waals surface area contributed by atoms with Crippen LogP contribution >= 0.6 is 0 Å². The number of ether oxygens (including phenoxy) is 2. The maximum atomic E-state index is 12.9. The molecule has 0 unspecified atom stereocenters. The summed E-state index contributed by atoms with van der Waals surface area (Å²) in [6.45, 7) is 4.84. The molecule has 26 heavy (non-hydrogen) atoms. The lowest BCUT2D eigenvalue weighted by Crippen LogP contribution is -2.35. The molecule has 1 fully saturated rings. The Balaban J connectivity index is 1.58. The quantitative estimate of drug-likeness (QED) is 0.861. The average Bonchev–Trinajstić information content (AvgIpc) is 2.89. The summed E-state index contributed by atoms with van der Waals surface area (Å²) in [5.41, 5.74) is 3.23. The maximum Gasteiger partial charge on any atom is 0.256 e. The molecular formula is C20H20N2O4. The molecule has 0 saturated carbocycles. The van der Waals surface area contributed by atoms with Crippen molar-refractivity contribution in [3.8, 4) is 11.5 Å². The van der Waals surface area contributed by atoms with E-state index in [4.69, 9.17) is 9.47 Å². The van der Waals surface area contributed by atoms with Crippen LogP contribution in [0.25, 0.3) is 0 Å². The molecule has 0 radical (unpaired) electrons. The fourth-order valence-corrected chi connectivity index (χ4v) is 3.47. The number of fused-ring (bicyclic) bond motifs is 1. The summed E-state index contributed by atoms with van der Waals surface area (Å²) < 4.78 is 11.1. The Morgan fingerprint density at radius 3 is 2.42 bits per heavy atom. The van der Waals surface area contributed by atoms with E-state index in [2.05, 4.69) is 5.32 Å². The van der Waals surface area contributed by atoms with E-state index < -0.39 is 6.04 Å². The highest BCUT2D eigenvalue weighted by Gasteiger charge is 2.40. The minimum atomic E-state index is -0.593. The summed E-state index contributed by atoms with van der Waals surface area (Å²) in [6.07, 6.45) is 0.126. The van der Waals surface area contributed by atoms with Crippen LogP contribution in [0.5, 0.6) is 11.5 Å². The van der Waals surface area contributed by atoms with Gasteiger partial charge in [-0.25, -0.2) is 4.90 Å². The number of amides is 2. The van der Waals surface area contributed by atoms with Crippen LogP contribution in [0.15, 0.2) is 36.4 Å².